The van der Waals surface area contributed by atoms with Crippen LogP contribution in [0, 0.1) is 23.0 Å². The van der Waals surface area contributed by atoms with Gasteiger partial charge in [0.15, 0.2) is 0 Å². The van der Waals surface area contributed by atoms with Gasteiger partial charge in [0, 0.05) is 15.7 Å². The smallest absolute Gasteiger partial charge is 0.141 e. The number of rotatable bonds is 3. The van der Waals surface area contributed by atoms with Crippen LogP contribution in [0.15, 0.2) is 40.9 Å². The van der Waals surface area contributed by atoms with E-state index in [0.29, 0.717) is 15.7 Å². The van der Waals surface area contributed by atoms with Crippen molar-refractivity contribution < 1.29 is 8.78 Å². The van der Waals surface area contributed by atoms with Crippen LogP contribution in [0.4, 0.5) is 14.5 Å². The Balaban J connectivity index is 2.23. The molecular weight excluding hydrogens is 326 g/mol. The van der Waals surface area contributed by atoms with Crippen LogP contribution in [0.2, 0.25) is 0 Å². The van der Waals surface area contributed by atoms with E-state index in [0.717, 1.165) is 0 Å². The Labute approximate surface area is 124 Å². The number of anilines is 1. The maximum absolute atomic E-state index is 13.8. The van der Waals surface area contributed by atoms with Gasteiger partial charge in [-0.3, -0.25) is 0 Å². The van der Waals surface area contributed by atoms with Crippen molar-refractivity contribution in [2.75, 3.05) is 5.32 Å². The zero-order valence-corrected chi connectivity index (χ0v) is 12.2. The number of nitriles is 1. The topological polar surface area (TPSA) is 35.8 Å². The Morgan fingerprint density at radius 3 is 2.55 bits per heavy atom. The summed E-state index contributed by atoms with van der Waals surface area (Å²) in [5.41, 5.74) is 1.02. The van der Waals surface area contributed by atoms with Crippen molar-refractivity contribution in [3.05, 3.63) is 63.6 Å². The molecule has 0 spiro atoms. The average molecular weight is 337 g/mol. The summed E-state index contributed by atoms with van der Waals surface area (Å²) >= 11 is 3.20. The van der Waals surface area contributed by atoms with Gasteiger partial charge in [-0.2, -0.15) is 5.26 Å². The van der Waals surface area contributed by atoms with E-state index < -0.39 is 5.82 Å². The molecule has 0 aliphatic rings. The second kappa shape index (κ2) is 6.02. The first-order chi connectivity index (χ1) is 9.51. The molecule has 0 aliphatic heterocycles. The van der Waals surface area contributed by atoms with Crippen LogP contribution < -0.4 is 5.32 Å². The van der Waals surface area contributed by atoms with Gasteiger partial charge in [0.25, 0.3) is 0 Å². The molecule has 5 heteroatoms. The standard InChI is InChI=1S/C15H11BrF2N2/c1-9(13-4-2-11(16)7-15(13)18)20-12-3-5-14(17)10(6-12)8-19/h2-7,9,20H,1H3. The Morgan fingerprint density at radius 1 is 1.15 bits per heavy atom. The normalized spacial score (nSPS) is 11.8. The summed E-state index contributed by atoms with van der Waals surface area (Å²) in [5.74, 6) is -0.900. The predicted octanol–water partition coefficient (Wildman–Crippen LogP) is 4.77. The van der Waals surface area contributed by atoms with Crippen LogP contribution in [0.25, 0.3) is 0 Å². The van der Waals surface area contributed by atoms with Crippen molar-refractivity contribution >= 4 is 21.6 Å². The molecule has 0 fully saturated rings. The minimum absolute atomic E-state index is 0.0431. The number of hydrogen-bond donors (Lipinski definition) is 1. The molecule has 1 N–H and O–H groups in total. The number of halogens is 3. The molecule has 2 nitrogen and oxygen atoms in total. The number of hydrogen-bond acceptors (Lipinski definition) is 2. The minimum atomic E-state index is -0.569. The third-order valence-corrected chi connectivity index (χ3v) is 3.39. The third-order valence-electron chi connectivity index (χ3n) is 2.90. The van der Waals surface area contributed by atoms with Crippen molar-refractivity contribution in [1.29, 1.82) is 5.26 Å². The zero-order chi connectivity index (χ0) is 14.7. The molecular formula is C15H11BrF2N2. The summed E-state index contributed by atoms with van der Waals surface area (Å²) in [7, 11) is 0. The van der Waals surface area contributed by atoms with Crippen molar-refractivity contribution in [3.8, 4) is 6.07 Å². The predicted molar refractivity (Wildman–Crippen MR) is 77.3 cm³/mol. The molecule has 0 saturated carbocycles. The number of nitrogens with zero attached hydrogens (tertiary/aromatic N) is 1. The van der Waals surface area contributed by atoms with Crippen LogP contribution in [-0.2, 0) is 0 Å². The molecule has 0 saturated heterocycles. The van der Waals surface area contributed by atoms with Crippen LogP contribution in [0.1, 0.15) is 24.1 Å². The summed E-state index contributed by atoms with van der Waals surface area (Å²) in [6.45, 7) is 1.79. The van der Waals surface area contributed by atoms with Crippen LogP contribution in [0.3, 0.4) is 0 Å². The van der Waals surface area contributed by atoms with Crippen LogP contribution >= 0.6 is 15.9 Å². The lowest BCUT2D eigenvalue weighted by Crippen LogP contribution is -2.09. The fourth-order valence-corrected chi connectivity index (χ4v) is 2.21. The molecule has 1 unspecified atom stereocenters. The first kappa shape index (κ1) is 14.5. The first-order valence-electron chi connectivity index (χ1n) is 5.92. The summed E-state index contributed by atoms with van der Waals surface area (Å²) < 4.78 is 27.7. The Kier molecular flexibility index (Phi) is 4.35. The van der Waals surface area contributed by atoms with Crippen LogP contribution in [-0.4, -0.2) is 0 Å². The van der Waals surface area contributed by atoms with Gasteiger partial charge >= 0.3 is 0 Å². The quantitative estimate of drug-likeness (QED) is 0.876. The molecule has 2 aromatic carbocycles. The lowest BCUT2D eigenvalue weighted by Gasteiger charge is -2.17. The maximum atomic E-state index is 13.8. The highest BCUT2D eigenvalue weighted by Crippen LogP contribution is 2.25. The lowest BCUT2D eigenvalue weighted by molar-refractivity contribution is 0.599. The molecule has 0 radical (unpaired) electrons. The summed E-state index contributed by atoms with van der Waals surface area (Å²) in [6.07, 6.45) is 0. The zero-order valence-electron chi connectivity index (χ0n) is 10.6. The number of benzene rings is 2. The monoisotopic (exact) mass is 336 g/mol. The van der Waals surface area contributed by atoms with Crippen molar-refractivity contribution in [3.63, 3.8) is 0 Å². The van der Waals surface area contributed by atoms with Gasteiger partial charge in [0.05, 0.1) is 11.6 Å². The Bertz CT molecular complexity index is 680. The summed E-state index contributed by atoms with van der Waals surface area (Å²) in [4.78, 5) is 0. The van der Waals surface area contributed by atoms with Gasteiger partial charge in [-0.1, -0.05) is 22.0 Å². The molecule has 2 aromatic rings. The minimum Gasteiger partial charge on any atom is -0.378 e. The van der Waals surface area contributed by atoms with Crippen LogP contribution in [0.5, 0.6) is 0 Å². The summed E-state index contributed by atoms with van der Waals surface area (Å²) in [6, 6.07) is 10.4. The largest absolute Gasteiger partial charge is 0.378 e. The number of nitrogens with one attached hydrogen (secondary N) is 1. The highest BCUT2D eigenvalue weighted by atomic mass is 79.9. The van der Waals surface area contributed by atoms with E-state index in [1.165, 1.54) is 24.3 Å². The molecule has 0 aliphatic carbocycles. The van der Waals surface area contributed by atoms with E-state index in [-0.39, 0.29) is 17.4 Å². The van der Waals surface area contributed by atoms with Crippen molar-refractivity contribution in [2.45, 2.75) is 13.0 Å². The van der Waals surface area contributed by atoms with Gasteiger partial charge < -0.3 is 5.32 Å². The lowest BCUT2D eigenvalue weighted by atomic mass is 10.1. The average Bonchev–Trinajstić information content (AvgIpc) is 2.40. The van der Waals surface area contributed by atoms with E-state index in [4.69, 9.17) is 5.26 Å². The molecule has 0 heterocycles. The van der Waals surface area contributed by atoms with E-state index in [9.17, 15) is 8.78 Å². The Morgan fingerprint density at radius 2 is 1.90 bits per heavy atom. The van der Waals surface area contributed by atoms with Crippen molar-refractivity contribution in [1.82, 2.24) is 0 Å². The highest BCUT2D eigenvalue weighted by molar-refractivity contribution is 9.10. The van der Waals surface area contributed by atoms with Gasteiger partial charge in [-0.05, 0) is 37.3 Å². The summed E-state index contributed by atoms with van der Waals surface area (Å²) in [5, 5.41) is 11.8. The molecule has 102 valence electrons. The third kappa shape index (κ3) is 3.14. The SMILES string of the molecule is CC(Nc1ccc(F)c(C#N)c1)c1ccc(Br)cc1F. The molecule has 20 heavy (non-hydrogen) atoms. The van der Waals surface area contributed by atoms with E-state index in [2.05, 4.69) is 21.2 Å². The molecule has 0 amide bonds. The second-order valence-electron chi connectivity index (χ2n) is 4.34. The molecule has 0 bridgehead atoms. The highest BCUT2D eigenvalue weighted by Gasteiger charge is 2.12. The van der Waals surface area contributed by atoms with Gasteiger partial charge in [-0.25, -0.2) is 8.78 Å². The fraction of sp³-hybridized carbons (Fsp3) is 0.133. The van der Waals surface area contributed by atoms with Gasteiger partial charge in [0.1, 0.15) is 17.7 Å². The first-order valence-corrected chi connectivity index (χ1v) is 6.71. The van der Waals surface area contributed by atoms with E-state index in [1.54, 1.807) is 25.1 Å². The van der Waals surface area contributed by atoms with E-state index >= 15 is 0 Å². The second-order valence-corrected chi connectivity index (χ2v) is 5.25. The van der Waals surface area contributed by atoms with Crippen molar-refractivity contribution in [2.24, 2.45) is 0 Å². The fourth-order valence-electron chi connectivity index (χ4n) is 1.88. The molecule has 0 aromatic heterocycles. The van der Waals surface area contributed by atoms with Gasteiger partial charge in [-0.15, -0.1) is 0 Å². The van der Waals surface area contributed by atoms with E-state index in [1.807, 2.05) is 0 Å². The maximum Gasteiger partial charge on any atom is 0.141 e. The molecule has 1 atom stereocenters. The molecule has 2 rings (SSSR count). The van der Waals surface area contributed by atoms with Gasteiger partial charge in [0.2, 0.25) is 0 Å². The Hall–Kier alpha value is -1.93.